The Balaban J connectivity index is 2.40. The van der Waals surface area contributed by atoms with Crippen molar-refractivity contribution in [2.24, 2.45) is 0 Å². The van der Waals surface area contributed by atoms with Crippen LogP contribution in [-0.2, 0) is 23.1 Å². The molecule has 0 bridgehead atoms. The number of alkyl halides is 3. The van der Waals surface area contributed by atoms with Crippen molar-refractivity contribution in [3.8, 4) is 0 Å². The average molecular weight is 389 g/mol. The van der Waals surface area contributed by atoms with Crippen LogP contribution in [0.2, 0.25) is 0 Å². The van der Waals surface area contributed by atoms with E-state index in [4.69, 9.17) is 0 Å². The summed E-state index contributed by atoms with van der Waals surface area (Å²) in [6.07, 6.45) is -1.99. The molecule has 26 heavy (non-hydrogen) atoms. The lowest BCUT2D eigenvalue weighted by Gasteiger charge is -2.22. The lowest BCUT2D eigenvalue weighted by Crippen LogP contribution is -2.30. The summed E-state index contributed by atoms with van der Waals surface area (Å²) in [5.41, 5.74) is 2.97. The second-order valence-corrected chi connectivity index (χ2v) is 8.42. The second kappa shape index (κ2) is 7.03. The van der Waals surface area contributed by atoms with E-state index in [9.17, 15) is 21.6 Å². The summed E-state index contributed by atoms with van der Waals surface area (Å²) in [6, 6.07) is 1.92. The molecule has 0 N–H and O–H groups in total. The standard InChI is InChI=1S/C17H22F3N3O2S/c1-11-8-12(2)14(4)16(13(11)3)26(24,25)22(5)9-15-21-6-7-23(15)10-17(18,19)20/h6-8H,9-10H2,1-5H3. The van der Waals surface area contributed by atoms with E-state index in [2.05, 4.69) is 4.98 Å². The van der Waals surface area contributed by atoms with Gasteiger partial charge in [-0.05, 0) is 49.9 Å². The molecule has 0 aliphatic heterocycles. The van der Waals surface area contributed by atoms with Crippen molar-refractivity contribution in [1.82, 2.24) is 13.9 Å². The Hall–Kier alpha value is -1.87. The van der Waals surface area contributed by atoms with Crippen molar-refractivity contribution >= 4 is 10.0 Å². The average Bonchev–Trinajstić information content (AvgIpc) is 2.90. The highest BCUT2D eigenvalue weighted by atomic mass is 32.2. The molecule has 144 valence electrons. The fraction of sp³-hybridized carbons (Fsp3) is 0.471. The fourth-order valence-electron chi connectivity index (χ4n) is 2.84. The Labute approximate surface area is 151 Å². The van der Waals surface area contributed by atoms with Crippen molar-refractivity contribution in [2.45, 2.75) is 51.9 Å². The van der Waals surface area contributed by atoms with Gasteiger partial charge in [0.1, 0.15) is 12.4 Å². The summed E-state index contributed by atoms with van der Waals surface area (Å²) in [5, 5.41) is 0. The highest BCUT2D eigenvalue weighted by molar-refractivity contribution is 7.89. The molecule has 0 aliphatic rings. The van der Waals surface area contributed by atoms with Crippen LogP contribution < -0.4 is 0 Å². The van der Waals surface area contributed by atoms with Gasteiger partial charge in [0.2, 0.25) is 10.0 Å². The summed E-state index contributed by atoms with van der Waals surface area (Å²) >= 11 is 0. The van der Waals surface area contributed by atoms with Crippen LogP contribution in [0.1, 0.15) is 28.1 Å². The van der Waals surface area contributed by atoms with Crippen molar-refractivity contribution in [3.05, 3.63) is 46.5 Å². The van der Waals surface area contributed by atoms with Gasteiger partial charge >= 0.3 is 6.18 Å². The molecule has 0 fully saturated rings. The maximum Gasteiger partial charge on any atom is 0.406 e. The second-order valence-electron chi connectivity index (χ2n) is 6.44. The van der Waals surface area contributed by atoms with Crippen molar-refractivity contribution in [1.29, 1.82) is 0 Å². The van der Waals surface area contributed by atoms with Gasteiger partial charge in [-0.25, -0.2) is 13.4 Å². The molecular weight excluding hydrogens is 367 g/mol. The number of nitrogens with zero attached hydrogens (tertiary/aromatic N) is 3. The van der Waals surface area contributed by atoms with Crippen LogP contribution in [0, 0.1) is 27.7 Å². The van der Waals surface area contributed by atoms with Gasteiger partial charge < -0.3 is 4.57 Å². The van der Waals surface area contributed by atoms with Gasteiger partial charge in [-0.1, -0.05) is 6.07 Å². The number of rotatable bonds is 5. The van der Waals surface area contributed by atoms with E-state index >= 15 is 0 Å². The third kappa shape index (κ3) is 4.09. The first-order chi connectivity index (χ1) is 11.8. The third-order valence-electron chi connectivity index (χ3n) is 4.48. The van der Waals surface area contributed by atoms with E-state index in [1.807, 2.05) is 19.9 Å². The molecule has 0 aliphatic carbocycles. The Kier molecular flexibility index (Phi) is 5.53. The minimum atomic E-state index is -4.41. The number of sulfonamides is 1. The third-order valence-corrected chi connectivity index (χ3v) is 6.56. The van der Waals surface area contributed by atoms with Crippen molar-refractivity contribution in [3.63, 3.8) is 0 Å². The van der Waals surface area contributed by atoms with Crippen LogP contribution >= 0.6 is 0 Å². The molecule has 0 saturated carbocycles. The van der Waals surface area contributed by atoms with E-state index < -0.39 is 22.7 Å². The van der Waals surface area contributed by atoms with E-state index in [-0.39, 0.29) is 17.3 Å². The van der Waals surface area contributed by atoms with Crippen LogP contribution in [0.15, 0.2) is 23.4 Å². The first kappa shape index (κ1) is 20.4. The number of benzene rings is 1. The molecule has 1 heterocycles. The summed E-state index contributed by atoms with van der Waals surface area (Å²) in [7, 11) is -2.54. The highest BCUT2D eigenvalue weighted by Crippen LogP contribution is 2.29. The van der Waals surface area contributed by atoms with E-state index in [0.717, 1.165) is 20.0 Å². The molecule has 0 spiro atoms. The molecule has 0 amide bonds. The molecule has 0 saturated heterocycles. The molecule has 9 heteroatoms. The van der Waals surface area contributed by atoms with Crippen LogP contribution in [0.25, 0.3) is 0 Å². The summed E-state index contributed by atoms with van der Waals surface area (Å²) < 4.78 is 66.0. The van der Waals surface area contributed by atoms with E-state index in [1.165, 1.54) is 19.4 Å². The number of aryl methyl sites for hydroxylation is 2. The molecule has 0 radical (unpaired) electrons. The van der Waals surface area contributed by atoms with Gasteiger partial charge in [0.05, 0.1) is 11.4 Å². The van der Waals surface area contributed by atoms with Gasteiger partial charge in [0.15, 0.2) is 0 Å². The fourth-order valence-corrected chi connectivity index (χ4v) is 4.53. The van der Waals surface area contributed by atoms with Crippen molar-refractivity contribution in [2.75, 3.05) is 7.05 Å². The zero-order valence-corrected chi connectivity index (χ0v) is 16.2. The van der Waals surface area contributed by atoms with Gasteiger partial charge in [-0.15, -0.1) is 0 Å². The number of imidazole rings is 1. The molecular formula is C17H22F3N3O2S. The van der Waals surface area contributed by atoms with Gasteiger partial charge in [0.25, 0.3) is 0 Å². The summed E-state index contributed by atoms with van der Waals surface area (Å²) in [4.78, 5) is 4.08. The smallest absolute Gasteiger partial charge is 0.325 e. The monoisotopic (exact) mass is 389 g/mol. The Morgan fingerprint density at radius 3 is 2.15 bits per heavy atom. The number of hydrogen-bond acceptors (Lipinski definition) is 3. The van der Waals surface area contributed by atoms with Gasteiger partial charge in [0, 0.05) is 19.4 Å². The van der Waals surface area contributed by atoms with Crippen LogP contribution in [0.5, 0.6) is 0 Å². The normalized spacial score (nSPS) is 12.8. The minimum absolute atomic E-state index is 0.0353. The van der Waals surface area contributed by atoms with Crippen LogP contribution in [-0.4, -0.2) is 35.5 Å². The SMILES string of the molecule is Cc1cc(C)c(C)c(S(=O)(=O)N(C)Cc2nccn2CC(F)(F)F)c1C. The first-order valence-corrected chi connectivity index (χ1v) is 9.39. The molecule has 0 atom stereocenters. The maximum atomic E-state index is 13.1. The van der Waals surface area contributed by atoms with E-state index in [0.29, 0.717) is 11.1 Å². The zero-order chi connectivity index (χ0) is 19.9. The maximum absolute atomic E-state index is 13.1. The quantitative estimate of drug-likeness (QED) is 0.787. The molecule has 1 aromatic carbocycles. The predicted molar refractivity (Wildman–Crippen MR) is 92.3 cm³/mol. The Morgan fingerprint density at radius 1 is 1.12 bits per heavy atom. The Morgan fingerprint density at radius 2 is 1.65 bits per heavy atom. The largest absolute Gasteiger partial charge is 0.406 e. The highest BCUT2D eigenvalue weighted by Gasteiger charge is 2.31. The Bertz CT molecular complexity index is 892. The molecule has 5 nitrogen and oxygen atoms in total. The van der Waals surface area contributed by atoms with Gasteiger partial charge in [-0.3, -0.25) is 0 Å². The molecule has 1 aromatic heterocycles. The molecule has 2 aromatic rings. The van der Waals surface area contributed by atoms with Crippen LogP contribution in [0.3, 0.4) is 0 Å². The minimum Gasteiger partial charge on any atom is -0.325 e. The summed E-state index contributed by atoms with van der Waals surface area (Å²) in [6.45, 7) is 5.66. The topological polar surface area (TPSA) is 55.2 Å². The number of hydrogen-bond donors (Lipinski definition) is 0. The first-order valence-electron chi connectivity index (χ1n) is 7.95. The molecule has 0 unspecified atom stereocenters. The lowest BCUT2D eigenvalue weighted by atomic mass is 10.0. The van der Waals surface area contributed by atoms with Crippen LogP contribution in [0.4, 0.5) is 13.2 Å². The molecule has 2 rings (SSSR count). The summed E-state index contributed by atoms with van der Waals surface area (Å²) in [5.74, 6) is 0.0353. The number of aromatic nitrogens is 2. The van der Waals surface area contributed by atoms with E-state index in [1.54, 1.807) is 13.8 Å². The number of halogens is 3. The zero-order valence-electron chi connectivity index (χ0n) is 15.3. The van der Waals surface area contributed by atoms with Crippen molar-refractivity contribution < 1.29 is 21.6 Å². The lowest BCUT2D eigenvalue weighted by molar-refractivity contribution is -0.141. The van der Waals surface area contributed by atoms with Gasteiger partial charge in [-0.2, -0.15) is 17.5 Å². The predicted octanol–water partition coefficient (Wildman–Crippen LogP) is 3.50.